The summed E-state index contributed by atoms with van der Waals surface area (Å²) in [5.74, 6) is 0.996. The highest BCUT2D eigenvalue weighted by Crippen LogP contribution is 2.21. The number of amides is 2. The zero-order valence-corrected chi connectivity index (χ0v) is 18.5. The van der Waals surface area contributed by atoms with Gasteiger partial charge in [-0.1, -0.05) is 31.2 Å². The predicted molar refractivity (Wildman–Crippen MR) is 118 cm³/mol. The van der Waals surface area contributed by atoms with Crippen molar-refractivity contribution in [2.75, 3.05) is 20.3 Å². The summed E-state index contributed by atoms with van der Waals surface area (Å²) in [5.41, 5.74) is 3.01. The molecule has 0 unspecified atom stereocenters. The van der Waals surface area contributed by atoms with Gasteiger partial charge >= 0.3 is 0 Å². The molecular weight excluding hydrogens is 380 g/mol. The SMILES string of the molecule is CCCNC(=O)[C@H](C)N(Cc1ccc(OC)cc1)C(=O)COc1cccc(C)c1C. The second-order valence-electron chi connectivity index (χ2n) is 7.32. The van der Waals surface area contributed by atoms with Gasteiger partial charge in [0.25, 0.3) is 5.91 Å². The summed E-state index contributed by atoms with van der Waals surface area (Å²) < 4.78 is 11.0. The number of carbonyl (C=O) groups is 2. The Bertz CT molecular complexity index is 849. The highest BCUT2D eigenvalue weighted by atomic mass is 16.5. The summed E-state index contributed by atoms with van der Waals surface area (Å²) in [5, 5.41) is 2.87. The lowest BCUT2D eigenvalue weighted by Gasteiger charge is -2.29. The maximum Gasteiger partial charge on any atom is 0.261 e. The Labute approximate surface area is 179 Å². The number of aryl methyl sites for hydroxylation is 1. The number of methoxy groups -OCH3 is 1. The number of nitrogens with zero attached hydrogens (tertiary/aromatic N) is 1. The molecule has 1 N–H and O–H groups in total. The minimum atomic E-state index is -0.617. The van der Waals surface area contributed by atoms with Crippen LogP contribution in [0, 0.1) is 13.8 Å². The van der Waals surface area contributed by atoms with Gasteiger partial charge in [0.2, 0.25) is 5.91 Å². The lowest BCUT2D eigenvalue weighted by molar-refractivity contribution is -0.142. The Morgan fingerprint density at radius 3 is 2.43 bits per heavy atom. The summed E-state index contributed by atoms with van der Waals surface area (Å²) in [6, 6.07) is 12.6. The van der Waals surface area contributed by atoms with Gasteiger partial charge in [-0.15, -0.1) is 0 Å². The van der Waals surface area contributed by atoms with Gasteiger partial charge in [-0.2, -0.15) is 0 Å². The molecular formula is C24H32N2O4. The Balaban J connectivity index is 2.16. The molecule has 0 aromatic heterocycles. The standard InChI is InChI=1S/C24H32N2O4/c1-6-14-25-24(28)19(4)26(15-20-10-12-21(29-5)13-11-20)23(27)16-30-22-9-7-8-17(2)18(22)3/h7-13,19H,6,14-16H2,1-5H3,(H,25,28)/t19-/m0/s1. The van der Waals surface area contributed by atoms with Gasteiger partial charge in [-0.25, -0.2) is 0 Å². The smallest absolute Gasteiger partial charge is 0.261 e. The zero-order valence-electron chi connectivity index (χ0n) is 18.5. The number of ether oxygens (including phenoxy) is 2. The third kappa shape index (κ3) is 6.24. The molecule has 30 heavy (non-hydrogen) atoms. The number of rotatable bonds is 10. The maximum absolute atomic E-state index is 13.1. The monoisotopic (exact) mass is 412 g/mol. The number of hydrogen-bond donors (Lipinski definition) is 1. The molecule has 162 valence electrons. The molecule has 6 heteroatoms. The van der Waals surface area contributed by atoms with Crippen LogP contribution in [-0.4, -0.2) is 43.0 Å². The first-order chi connectivity index (χ1) is 14.4. The molecule has 1 atom stereocenters. The van der Waals surface area contributed by atoms with Crippen LogP contribution in [0.15, 0.2) is 42.5 Å². The van der Waals surface area contributed by atoms with E-state index < -0.39 is 6.04 Å². The fraction of sp³-hybridized carbons (Fsp3) is 0.417. The molecule has 2 aromatic carbocycles. The van der Waals surface area contributed by atoms with Crippen LogP contribution in [0.4, 0.5) is 0 Å². The second-order valence-corrected chi connectivity index (χ2v) is 7.32. The van der Waals surface area contributed by atoms with E-state index in [-0.39, 0.29) is 18.4 Å². The number of hydrogen-bond acceptors (Lipinski definition) is 4. The third-order valence-corrected chi connectivity index (χ3v) is 5.13. The highest BCUT2D eigenvalue weighted by molar-refractivity contribution is 5.88. The van der Waals surface area contributed by atoms with Crippen LogP contribution in [0.3, 0.4) is 0 Å². The fourth-order valence-electron chi connectivity index (χ4n) is 3.01. The van der Waals surface area contributed by atoms with Gasteiger partial charge in [0.1, 0.15) is 17.5 Å². The van der Waals surface area contributed by atoms with E-state index in [1.165, 1.54) is 0 Å². The minimum absolute atomic E-state index is 0.133. The molecule has 0 aliphatic rings. The molecule has 2 aromatic rings. The summed E-state index contributed by atoms with van der Waals surface area (Å²) in [7, 11) is 1.61. The van der Waals surface area contributed by atoms with E-state index >= 15 is 0 Å². The quantitative estimate of drug-likeness (QED) is 0.647. The van der Waals surface area contributed by atoms with Crippen LogP contribution in [0.5, 0.6) is 11.5 Å². The summed E-state index contributed by atoms with van der Waals surface area (Å²) in [4.78, 5) is 27.2. The van der Waals surface area contributed by atoms with Crippen molar-refractivity contribution in [2.45, 2.75) is 46.7 Å². The first kappa shape index (κ1) is 23.3. The number of carbonyl (C=O) groups excluding carboxylic acids is 2. The Morgan fingerprint density at radius 1 is 1.10 bits per heavy atom. The molecule has 0 saturated carbocycles. The summed E-state index contributed by atoms with van der Waals surface area (Å²) in [6.07, 6.45) is 0.834. The summed E-state index contributed by atoms with van der Waals surface area (Å²) in [6.45, 7) is 8.44. The Hall–Kier alpha value is -3.02. The highest BCUT2D eigenvalue weighted by Gasteiger charge is 2.26. The van der Waals surface area contributed by atoms with Crippen LogP contribution in [0.1, 0.15) is 37.0 Å². The predicted octanol–water partition coefficient (Wildman–Crippen LogP) is 3.63. The molecule has 0 fully saturated rings. The molecule has 6 nitrogen and oxygen atoms in total. The van der Waals surface area contributed by atoms with E-state index in [1.807, 2.05) is 63.2 Å². The van der Waals surface area contributed by atoms with Crippen molar-refractivity contribution < 1.29 is 19.1 Å². The van der Waals surface area contributed by atoms with Crippen molar-refractivity contribution in [2.24, 2.45) is 0 Å². The lowest BCUT2D eigenvalue weighted by atomic mass is 10.1. The van der Waals surface area contributed by atoms with Gasteiger partial charge < -0.3 is 19.7 Å². The first-order valence-corrected chi connectivity index (χ1v) is 10.3. The molecule has 2 amide bonds. The van der Waals surface area contributed by atoms with Crippen LogP contribution in [0.2, 0.25) is 0 Å². The normalized spacial score (nSPS) is 11.5. The molecule has 2 rings (SSSR count). The van der Waals surface area contributed by atoms with Crippen LogP contribution in [-0.2, 0) is 16.1 Å². The Kier molecular flexibility index (Phi) is 8.71. The van der Waals surface area contributed by atoms with Crippen LogP contribution < -0.4 is 14.8 Å². The molecule has 0 aliphatic carbocycles. The molecule has 0 aliphatic heterocycles. The van der Waals surface area contributed by atoms with E-state index in [9.17, 15) is 9.59 Å². The zero-order chi connectivity index (χ0) is 22.1. The van der Waals surface area contributed by atoms with E-state index in [0.29, 0.717) is 18.8 Å². The molecule has 0 radical (unpaired) electrons. The van der Waals surface area contributed by atoms with Gasteiger partial charge in [-0.05, 0) is 62.1 Å². The second kappa shape index (κ2) is 11.2. The van der Waals surface area contributed by atoms with Crippen molar-refractivity contribution in [1.29, 1.82) is 0 Å². The molecule has 0 spiro atoms. The lowest BCUT2D eigenvalue weighted by Crippen LogP contribution is -2.49. The average molecular weight is 413 g/mol. The van der Waals surface area contributed by atoms with Gasteiger partial charge in [0, 0.05) is 13.1 Å². The number of benzene rings is 2. The van der Waals surface area contributed by atoms with Crippen molar-refractivity contribution in [1.82, 2.24) is 10.2 Å². The molecule has 0 heterocycles. The van der Waals surface area contributed by atoms with Gasteiger partial charge in [-0.3, -0.25) is 9.59 Å². The topological polar surface area (TPSA) is 67.9 Å². The third-order valence-electron chi connectivity index (χ3n) is 5.13. The van der Waals surface area contributed by atoms with Crippen molar-refractivity contribution in [3.05, 3.63) is 59.2 Å². The van der Waals surface area contributed by atoms with Crippen molar-refractivity contribution in [3.8, 4) is 11.5 Å². The van der Waals surface area contributed by atoms with E-state index in [0.717, 1.165) is 28.9 Å². The van der Waals surface area contributed by atoms with Crippen LogP contribution in [0.25, 0.3) is 0 Å². The minimum Gasteiger partial charge on any atom is -0.497 e. The van der Waals surface area contributed by atoms with Crippen LogP contribution >= 0.6 is 0 Å². The van der Waals surface area contributed by atoms with Crippen molar-refractivity contribution >= 4 is 11.8 Å². The Morgan fingerprint density at radius 2 is 1.80 bits per heavy atom. The van der Waals surface area contributed by atoms with E-state index in [4.69, 9.17) is 9.47 Å². The molecule has 0 bridgehead atoms. The van der Waals surface area contributed by atoms with Gasteiger partial charge in [0.05, 0.1) is 7.11 Å². The molecule has 0 saturated heterocycles. The number of nitrogens with one attached hydrogen (secondary N) is 1. The largest absolute Gasteiger partial charge is 0.497 e. The van der Waals surface area contributed by atoms with E-state index in [2.05, 4.69) is 5.32 Å². The average Bonchev–Trinajstić information content (AvgIpc) is 2.76. The maximum atomic E-state index is 13.1. The van der Waals surface area contributed by atoms with E-state index in [1.54, 1.807) is 18.9 Å². The first-order valence-electron chi connectivity index (χ1n) is 10.3. The van der Waals surface area contributed by atoms with Gasteiger partial charge in [0.15, 0.2) is 6.61 Å². The fourth-order valence-corrected chi connectivity index (χ4v) is 3.01. The van der Waals surface area contributed by atoms with Crippen molar-refractivity contribution in [3.63, 3.8) is 0 Å². The summed E-state index contributed by atoms with van der Waals surface area (Å²) >= 11 is 0.